The second kappa shape index (κ2) is 4.55. The zero-order valence-corrected chi connectivity index (χ0v) is 11.4. The molecule has 3 heterocycles. The first-order chi connectivity index (χ1) is 9.22. The molecule has 19 heavy (non-hydrogen) atoms. The van der Waals surface area contributed by atoms with Crippen molar-refractivity contribution in [2.75, 3.05) is 12.8 Å². The number of hydrogen-bond donors (Lipinski definition) is 0. The van der Waals surface area contributed by atoms with E-state index in [0.29, 0.717) is 12.2 Å². The monoisotopic (exact) mass is 272 g/mol. The molecular weight excluding hydrogens is 260 g/mol. The first kappa shape index (κ1) is 12.0. The van der Waals surface area contributed by atoms with Gasteiger partial charge in [-0.2, -0.15) is 10.4 Å². The maximum absolute atomic E-state index is 9.07. The van der Waals surface area contributed by atoms with Gasteiger partial charge in [-0.05, 0) is 6.26 Å². The quantitative estimate of drug-likeness (QED) is 0.773. The molecule has 3 rings (SSSR count). The first-order valence-electron chi connectivity index (χ1n) is 5.79. The highest BCUT2D eigenvalue weighted by atomic mass is 32.2. The zero-order chi connectivity index (χ0) is 13.4. The summed E-state index contributed by atoms with van der Waals surface area (Å²) in [5, 5.41) is 14.1. The van der Waals surface area contributed by atoms with E-state index in [2.05, 4.69) is 21.2 Å². The van der Waals surface area contributed by atoms with E-state index in [-0.39, 0.29) is 6.04 Å². The van der Waals surface area contributed by atoms with Crippen LogP contribution in [0.25, 0.3) is 0 Å². The number of aromatic nitrogens is 2. The summed E-state index contributed by atoms with van der Waals surface area (Å²) in [6, 6.07) is 2.20. The van der Waals surface area contributed by atoms with Crippen LogP contribution in [0.1, 0.15) is 11.6 Å². The van der Waals surface area contributed by atoms with Gasteiger partial charge in [-0.1, -0.05) is 0 Å². The van der Waals surface area contributed by atoms with E-state index in [1.807, 2.05) is 30.6 Å². The van der Waals surface area contributed by atoms with Gasteiger partial charge >= 0.3 is 0 Å². The molecule has 0 aliphatic carbocycles. The Morgan fingerprint density at radius 2 is 2.37 bits per heavy atom. The van der Waals surface area contributed by atoms with Crippen LogP contribution in [-0.2, 0) is 7.05 Å². The molecule has 0 saturated heterocycles. The lowest BCUT2D eigenvalue weighted by Crippen LogP contribution is -2.32. The van der Waals surface area contributed by atoms with Gasteiger partial charge < -0.3 is 4.90 Å². The number of aliphatic imine (C=N–C) groups is 2. The molecule has 1 unspecified atom stereocenters. The van der Waals surface area contributed by atoms with Crippen molar-refractivity contribution in [3.05, 3.63) is 29.9 Å². The second-order valence-corrected chi connectivity index (χ2v) is 5.08. The van der Waals surface area contributed by atoms with Crippen molar-refractivity contribution >= 4 is 22.6 Å². The van der Waals surface area contributed by atoms with E-state index in [1.54, 1.807) is 10.9 Å². The van der Waals surface area contributed by atoms with Gasteiger partial charge in [0.25, 0.3) is 0 Å². The third-order valence-corrected chi connectivity index (χ3v) is 3.75. The van der Waals surface area contributed by atoms with Crippen LogP contribution in [0.15, 0.2) is 34.3 Å². The molecule has 0 bridgehead atoms. The van der Waals surface area contributed by atoms with Gasteiger partial charge in [-0.15, -0.1) is 11.8 Å². The van der Waals surface area contributed by atoms with Crippen molar-refractivity contribution < 1.29 is 0 Å². The minimum absolute atomic E-state index is 0.102. The lowest BCUT2D eigenvalue weighted by molar-refractivity contribution is 0.456. The highest BCUT2D eigenvalue weighted by Gasteiger charge is 2.33. The van der Waals surface area contributed by atoms with Crippen molar-refractivity contribution in [2.45, 2.75) is 6.04 Å². The van der Waals surface area contributed by atoms with Gasteiger partial charge in [0, 0.05) is 25.0 Å². The molecule has 0 N–H and O–H groups in total. The van der Waals surface area contributed by atoms with E-state index in [4.69, 9.17) is 5.26 Å². The molecule has 0 amide bonds. The Labute approximate surface area is 115 Å². The summed E-state index contributed by atoms with van der Waals surface area (Å²) < 4.78 is 1.77. The number of aryl methyl sites for hydroxylation is 1. The minimum Gasteiger partial charge on any atom is -0.319 e. The topological polar surface area (TPSA) is 69.6 Å². The first-order valence-corrected chi connectivity index (χ1v) is 7.01. The fourth-order valence-electron chi connectivity index (χ4n) is 2.21. The number of allylic oxidation sites excluding steroid dienone is 1. The fraction of sp³-hybridized carbons (Fsp3) is 0.333. The normalized spacial score (nSPS) is 21.4. The molecule has 1 aromatic heterocycles. The van der Waals surface area contributed by atoms with Gasteiger partial charge in [-0.25, -0.2) is 4.99 Å². The van der Waals surface area contributed by atoms with Gasteiger partial charge in [0.2, 0.25) is 0 Å². The predicted molar refractivity (Wildman–Crippen MR) is 74.7 cm³/mol. The molecule has 0 aromatic carbocycles. The highest BCUT2D eigenvalue weighted by molar-refractivity contribution is 8.15. The Hall–Kier alpha value is -2.07. The number of hydrogen-bond acceptors (Lipinski definition) is 6. The number of rotatable bonds is 1. The molecule has 6 nitrogen and oxygen atoms in total. The summed E-state index contributed by atoms with van der Waals surface area (Å²) in [4.78, 5) is 10.8. The molecular formula is C12H12N6S. The standard InChI is InChI=1S/C12H12N6S/c1-17-6-8(4-15-17)10-5-14-11-12(19-2)16-9(3-13)7-18(10)11/h4,6-7,10H,5H2,1-2H3. The van der Waals surface area contributed by atoms with Crippen LogP contribution in [0.3, 0.4) is 0 Å². The van der Waals surface area contributed by atoms with Gasteiger partial charge in [0.05, 0.1) is 18.8 Å². The summed E-state index contributed by atoms with van der Waals surface area (Å²) >= 11 is 1.51. The number of fused-ring (bicyclic) bond motifs is 1. The SMILES string of the molecule is CSC1=NC(C#N)=CN2C1=NCC2c1cnn(C)c1. The van der Waals surface area contributed by atoms with Crippen molar-refractivity contribution in [3.8, 4) is 6.07 Å². The molecule has 1 aromatic rings. The molecule has 0 fully saturated rings. The fourth-order valence-corrected chi connectivity index (χ4v) is 2.75. The molecule has 0 radical (unpaired) electrons. The van der Waals surface area contributed by atoms with Gasteiger partial charge in [-0.3, -0.25) is 9.67 Å². The van der Waals surface area contributed by atoms with E-state index in [0.717, 1.165) is 16.4 Å². The summed E-state index contributed by atoms with van der Waals surface area (Å²) in [5.74, 6) is 0.848. The van der Waals surface area contributed by atoms with Crippen LogP contribution in [-0.4, -0.2) is 38.4 Å². The highest BCUT2D eigenvalue weighted by Crippen LogP contribution is 2.31. The van der Waals surface area contributed by atoms with E-state index < -0.39 is 0 Å². The Morgan fingerprint density at radius 1 is 1.53 bits per heavy atom. The smallest absolute Gasteiger partial charge is 0.161 e. The summed E-state index contributed by atoms with van der Waals surface area (Å²) in [7, 11) is 1.89. The molecule has 2 aliphatic heterocycles. The summed E-state index contributed by atoms with van der Waals surface area (Å²) in [6.07, 6.45) is 7.53. The number of nitriles is 1. The average molecular weight is 272 g/mol. The Bertz CT molecular complexity index is 647. The molecule has 2 aliphatic rings. The van der Waals surface area contributed by atoms with Crippen LogP contribution in [0.4, 0.5) is 0 Å². The Kier molecular flexibility index (Phi) is 2.87. The van der Waals surface area contributed by atoms with Gasteiger partial charge in [0.1, 0.15) is 11.1 Å². The Balaban J connectivity index is 1.98. The van der Waals surface area contributed by atoms with Gasteiger partial charge in [0.15, 0.2) is 11.5 Å². The van der Waals surface area contributed by atoms with Crippen LogP contribution in [0.5, 0.6) is 0 Å². The van der Waals surface area contributed by atoms with E-state index >= 15 is 0 Å². The van der Waals surface area contributed by atoms with Crippen molar-refractivity contribution in [1.29, 1.82) is 5.26 Å². The largest absolute Gasteiger partial charge is 0.319 e. The second-order valence-electron chi connectivity index (χ2n) is 4.28. The number of thioether (sulfide) groups is 1. The lowest BCUT2D eigenvalue weighted by atomic mass is 10.1. The number of amidine groups is 1. The predicted octanol–water partition coefficient (Wildman–Crippen LogP) is 1.32. The van der Waals surface area contributed by atoms with Crippen LogP contribution in [0, 0.1) is 11.3 Å². The van der Waals surface area contributed by atoms with Crippen molar-refractivity contribution in [2.24, 2.45) is 17.0 Å². The average Bonchev–Trinajstić information content (AvgIpc) is 3.03. The van der Waals surface area contributed by atoms with Crippen LogP contribution in [0.2, 0.25) is 0 Å². The number of nitrogens with zero attached hydrogens (tertiary/aromatic N) is 6. The van der Waals surface area contributed by atoms with E-state index in [1.165, 1.54) is 11.8 Å². The maximum Gasteiger partial charge on any atom is 0.161 e. The van der Waals surface area contributed by atoms with E-state index in [9.17, 15) is 0 Å². The van der Waals surface area contributed by atoms with Crippen molar-refractivity contribution in [1.82, 2.24) is 14.7 Å². The zero-order valence-electron chi connectivity index (χ0n) is 10.6. The molecule has 0 spiro atoms. The van der Waals surface area contributed by atoms with Crippen LogP contribution < -0.4 is 0 Å². The lowest BCUT2D eigenvalue weighted by Gasteiger charge is -2.26. The van der Waals surface area contributed by atoms with Crippen molar-refractivity contribution in [3.63, 3.8) is 0 Å². The maximum atomic E-state index is 9.07. The molecule has 1 atom stereocenters. The molecule has 96 valence electrons. The summed E-state index contributed by atoms with van der Waals surface area (Å²) in [5.41, 5.74) is 1.51. The third kappa shape index (κ3) is 1.94. The molecule has 7 heteroatoms. The third-order valence-electron chi connectivity index (χ3n) is 3.09. The minimum atomic E-state index is 0.102. The van der Waals surface area contributed by atoms with Crippen LogP contribution >= 0.6 is 11.8 Å². The summed E-state index contributed by atoms with van der Waals surface area (Å²) in [6.45, 7) is 0.663. The Morgan fingerprint density at radius 3 is 3.00 bits per heavy atom. The molecule has 0 saturated carbocycles.